The van der Waals surface area contributed by atoms with E-state index in [1.165, 1.54) is 0 Å². The molecule has 0 saturated carbocycles. The molecule has 0 bridgehead atoms. The first-order valence-corrected chi connectivity index (χ1v) is 10.2. The first-order valence-electron chi connectivity index (χ1n) is 10.2. The lowest BCUT2D eigenvalue weighted by Crippen LogP contribution is -1.99. The number of nitrogens with zero attached hydrogens (tertiary/aromatic N) is 2. The van der Waals surface area contributed by atoms with Crippen molar-refractivity contribution in [3.63, 3.8) is 0 Å². The zero-order valence-corrected chi connectivity index (χ0v) is 17.1. The Bertz CT molecular complexity index is 1360. The molecule has 3 N–H and O–H groups in total. The number of phenolic OH excluding ortho intramolecular Hbond substituents is 3. The van der Waals surface area contributed by atoms with E-state index in [1.54, 1.807) is 36.4 Å². The molecular weight excluding hydrogens is 400 g/mol. The van der Waals surface area contributed by atoms with Crippen LogP contribution in [0.1, 0.15) is 0 Å². The smallest absolute Gasteiger partial charge is 0.115 e. The highest BCUT2D eigenvalue weighted by Crippen LogP contribution is 2.41. The van der Waals surface area contributed by atoms with Crippen molar-refractivity contribution in [1.29, 1.82) is 0 Å². The highest BCUT2D eigenvalue weighted by atomic mass is 16.3. The fraction of sp³-hybridized carbons (Fsp3) is 0. The molecule has 0 atom stereocenters. The van der Waals surface area contributed by atoms with Crippen molar-refractivity contribution in [3.8, 4) is 56.6 Å². The molecule has 5 nitrogen and oxygen atoms in total. The van der Waals surface area contributed by atoms with Gasteiger partial charge in [-0.05, 0) is 78.4 Å². The van der Waals surface area contributed by atoms with Gasteiger partial charge in [0.2, 0.25) is 0 Å². The summed E-state index contributed by atoms with van der Waals surface area (Å²) >= 11 is 0. The van der Waals surface area contributed by atoms with Gasteiger partial charge in [0.1, 0.15) is 22.9 Å². The first kappa shape index (κ1) is 19.5. The third-order valence-electron chi connectivity index (χ3n) is 5.32. The summed E-state index contributed by atoms with van der Waals surface area (Å²) in [6, 6.07) is 30.8. The first-order chi connectivity index (χ1) is 15.6. The van der Waals surface area contributed by atoms with Crippen LogP contribution in [0, 0.1) is 0 Å². The van der Waals surface area contributed by atoms with Crippen molar-refractivity contribution in [2.45, 2.75) is 0 Å². The predicted octanol–water partition coefficient (Wildman–Crippen LogP) is 5.99. The molecule has 5 aromatic rings. The average molecular weight is 420 g/mol. The van der Waals surface area contributed by atoms with Crippen LogP contribution in [0.5, 0.6) is 17.2 Å². The monoisotopic (exact) mass is 420 g/mol. The summed E-state index contributed by atoms with van der Waals surface area (Å²) in [5.74, 6) is 0.547. The Hall–Kier alpha value is -4.51. The Labute approximate surface area is 185 Å². The van der Waals surface area contributed by atoms with E-state index in [-0.39, 0.29) is 17.2 Å². The average Bonchev–Trinajstić information content (AvgIpc) is 3.22. The summed E-state index contributed by atoms with van der Waals surface area (Å²) in [6.07, 6.45) is 0. The van der Waals surface area contributed by atoms with Crippen molar-refractivity contribution < 1.29 is 15.3 Å². The number of hydrogen-bond donors (Lipinski definition) is 3. The fourth-order valence-corrected chi connectivity index (χ4v) is 3.78. The Balaban J connectivity index is 1.86. The van der Waals surface area contributed by atoms with Gasteiger partial charge in [-0.2, -0.15) is 5.10 Å². The lowest BCUT2D eigenvalue weighted by atomic mass is 9.95. The van der Waals surface area contributed by atoms with Crippen LogP contribution in [0.15, 0.2) is 103 Å². The second-order valence-corrected chi connectivity index (χ2v) is 7.46. The van der Waals surface area contributed by atoms with Crippen molar-refractivity contribution in [2.24, 2.45) is 0 Å². The van der Waals surface area contributed by atoms with Crippen LogP contribution < -0.4 is 0 Å². The van der Waals surface area contributed by atoms with E-state index < -0.39 is 0 Å². The van der Waals surface area contributed by atoms with Crippen LogP contribution in [0.2, 0.25) is 0 Å². The number of hydrogen-bond acceptors (Lipinski definition) is 4. The van der Waals surface area contributed by atoms with Gasteiger partial charge < -0.3 is 15.3 Å². The van der Waals surface area contributed by atoms with Gasteiger partial charge >= 0.3 is 0 Å². The molecule has 0 amide bonds. The van der Waals surface area contributed by atoms with Crippen LogP contribution in [0.25, 0.3) is 39.3 Å². The molecule has 0 aliphatic heterocycles. The Morgan fingerprint density at radius 1 is 0.500 bits per heavy atom. The lowest BCUT2D eigenvalue weighted by Gasteiger charge is -2.11. The molecule has 32 heavy (non-hydrogen) atoms. The number of aromatic nitrogens is 2. The molecule has 0 unspecified atom stereocenters. The second-order valence-electron chi connectivity index (χ2n) is 7.46. The summed E-state index contributed by atoms with van der Waals surface area (Å²) in [5.41, 5.74) is 6.05. The largest absolute Gasteiger partial charge is 0.508 e. The van der Waals surface area contributed by atoms with E-state index in [4.69, 9.17) is 5.10 Å². The highest BCUT2D eigenvalue weighted by Gasteiger charge is 2.23. The van der Waals surface area contributed by atoms with Gasteiger partial charge in [-0.25, -0.2) is 4.68 Å². The van der Waals surface area contributed by atoms with E-state index in [9.17, 15) is 15.3 Å². The third kappa shape index (κ3) is 3.56. The van der Waals surface area contributed by atoms with Crippen LogP contribution >= 0.6 is 0 Å². The molecule has 4 aromatic carbocycles. The maximum Gasteiger partial charge on any atom is 0.115 e. The highest BCUT2D eigenvalue weighted by molar-refractivity contribution is 5.92. The molecule has 1 heterocycles. The molecule has 0 saturated heterocycles. The normalized spacial score (nSPS) is 10.9. The zero-order valence-electron chi connectivity index (χ0n) is 17.1. The van der Waals surface area contributed by atoms with Gasteiger partial charge in [0.25, 0.3) is 0 Å². The Morgan fingerprint density at radius 3 is 1.56 bits per heavy atom. The number of aromatic hydroxyl groups is 3. The zero-order chi connectivity index (χ0) is 22.1. The van der Waals surface area contributed by atoms with E-state index >= 15 is 0 Å². The SMILES string of the molecule is Oc1ccc(-c2nn(-c3ccc(O)cc3)c(-c3ccc(O)cc3)c2-c2ccccc2)cc1. The maximum absolute atomic E-state index is 9.84. The standard InChI is InChI=1S/C27H20N2O3/c30-22-12-6-19(7-13-22)26-25(18-4-2-1-3-5-18)27(20-8-14-23(31)15-9-20)29(28-26)21-10-16-24(32)17-11-21/h1-17,30-32H. The minimum Gasteiger partial charge on any atom is -0.508 e. The van der Waals surface area contributed by atoms with Crippen LogP contribution in [0.3, 0.4) is 0 Å². The molecule has 0 aliphatic rings. The van der Waals surface area contributed by atoms with E-state index in [0.29, 0.717) is 0 Å². The minimum atomic E-state index is 0.175. The number of benzene rings is 4. The molecule has 0 radical (unpaired) electrons. The summed E-state index contributed by atoms with van der Waals surface area (Å²) in [4.78, 5) is 0. The third-order valence-corrected chi connectivity index (χ3v) is 5.32. The lowest BCUT2D eigenvalue weighted by molar-refractivity contribution is 0.474. The summed E-state index contributed by atoms with van der Waals surface area (Å²) in [7, 11) is 0. The van der Waals surface area contributed by atoms with Gasteiger partial charge in [0, 0.05) is 16.7 Å². The summed E-state index contributed by atoms with van der Waals surface area (Å²) < 4.78 is 1.84. The van der Waals surface area contributed by atoms with Crippen LogP contribution in [-0.2, 0) is 0 Å². The van der Waals surface area contributed by atoms with E-state index in [0.717, 1.165) is 39.3 Å². The van der Waals surface area contributed by atoms with Crippen molar-refractivity contribution in [1.82, 2.24) is 9.78 Å². The molecule has 5 heteroatoms. The van der Waals surface area contributed by atoms with Crippen LogP contribution in [-0.4, -0.2) is 25.1 Å². The van der Waals surface area contributed by atoms with Gasteiger partial charge in [0.15, 0.2) is 0 Å². The quantitative estimate of drug-likeness (QED) is 0.334. The van der Waals surface area contributed by atoms with Crippen molar-refractivity contribution >= 4 is 0 Å². The minimum absolute atomic E-state index is 0.175. The van der Waals surface area contributed by atoms with Crippen molar-refractivity contribution in [3.05, 3.63) is 103 Å². The van der Waals surface area contributed by atoms with E-state index in [2.05, 4.69) is 0 Å². The van der Waals surface area contributed by atoms with Gasteiger partial charge in [0.05, 0.1) is 11.4 Å². The summed E-state index contributed by atoms with van der Waals surface area (Å²) in [6.45, 7) is 0. The van der Waals surface area contributed by atoms with E-state index in [1.807, 2.05) is 71.4 Å². The number of phenols is 3. The second kappa shape index (κ2) is 7.96. The van der Waals surface area contributed by atoms with Crippen molar-refractivity contribution in [2.75, 3.05) is 0 Å². The topological polar surface area (TPSA) is 78.5 Å². The number of rotatable bonds is 4. The molecule has 156 valence electrons. The molecule has 0 spiro atoms. The van der Waals surface area contributed by atoms with Gasteiger partial charge in [-0.1, -0.05) is 30.3 Å². The maximum atomic E-state index is 9.84. The Morgan fingerprint density at radius 2 is 1.00 bits per heavy atom. The Kier molecular flexibility index (Phi) is 4.84. The molecule has 1 aromatic heterocycles. The van der Waals surface area contributed by atoms with Gasteiger partial charge in [-0.3, -0.25) is 0 Å². The van der Waals surface area contributed by atoms with Gasteiger partial charge in [-0.15, -0.1) is 0 Å². The fourth-order valence-electron chi connectivity index (χ4n) is 3.78. The molecular formula is C27H20N2O3. The molecule has 0 aliphatic carbocycles. The summed E-state index contributed by atoms with van der Waals surface area (Å²) in [5, 5.41) is 34.4. The predicted molar refractivity (Wildman–Crippen MR) is 125 cm³/mol. The molecule has 5 rings (SSSR count). The van der Waals surface area contributed by atoms with Crippen LogP contribution in [0.4, 0.5) is 0 Å². The molecule has 0 fully saturated rings.